The van der Waals surface area contributed by atoms with Gasteiger partial charge in [0.25, 0.3) is 0 Å². The Morgan fingerprint density at radius 3 is 2.65 bits per heavy atom. The molecule has 0 aliphatic heterocycles. The molecule has 1 amide bonds. The topological polar surface area (TPSA) is 42.0 Å². The first-order valence-electron chi connectivity index (χ1n) is 7.61. The van der Waals surface area contributed by atoms with E-state index in [-0.39, 0.29) is 5.91 Å². The van der Waals surface area contributed by atoms with Crippen LogP contribution in [0.15, 0.2) is 65.7 Å². The van der Waals surface area contributed by atoms with Crippen LogP contribution in [-0.4, -0.2) is 16.6 Å². The quantitative estimate of drug-likeness (QED) is 0.702. The normalized spacial score (nSPS) is 10.7. The number of thioether (sulfide) groups is 1. The number of benzene rings is 2. The van der Waals surface area contributed by atoms with Crippen LogP contribution in [0.25, 0.3) is 10.9 Å². The Hall–Kier alpha value is -2.33. The maximum absolute atomic E-state index is 12.1. The third-order valence-corrected chi connectivity index (χ3v) is 4.65. The molecule has 3 nitrogen and oxygen atoms in total. The number of carbonyl (C=O) groups is 1. The molecule has 0 atom stereocenters. The van der Waals surface area contributed by atoms with E-state index in [0.717, 1.165) is 27.9 Å². The number of nitrogens with zero attached hydrogens (tertiary/aromatic N) is 1. The highest BCUT2D eigenvalue weighted by Crippen LogP contribution is 2.26. The Kier molecular flexibility index (Phi) is 4.93. The fourth-order valence-corrected chi connectivity index (χ4v) is 3.20. The lowest BCUT2D eigenvalue weighted by Crippen LogP contribution is -2.13. The first-order chi connectivity index (χ1) is 11.3. The summed E-state index contributed by atoms with van der Waals surface area (Å²) in [5.41, 5.74) is 3.04. The number of pyridine rings is 1. The minimum atomic E-state index is -0.00724. The number of nitrogens with one attached hydrogen (secondary N) is 1. The van der Waals surface area contributed by atoms with Gasteiger partial charge in [0, 0.05) is 22.2 Å². The summed E-state index contributed by atoms with van der Waals surface area (Å²) in [6.07, 6.45) is 2.78. The minimum Gasteiger partial charge on any atom is -0.325 e. The SMILES string of the molecule is CCc1ccc(NC(=O)CSc2cccc3cccnc23)cc1. The van der Waals surface area contributed by atoms with Gasteiger partial charge in [0.1, 0.15) is 0 Å². The van der Waals surface area contributed by atoms with Crippen molar-refractivity contribution in [1.82, 2.24) is 4.98 Å². The molecule has 1 heterocycles. The molecule has 0 aliphatic rings. The van der Waals surface area contributed by atoms with Gasteiger partial charge in [0.15, 0.2) is 0 Å². The number of amides is 1. The molecule has 2 aromatic carbocycles. The molecule has 0 fully saturated rings. The molecule has 0 bridgehead atoms. The van der Waals surface area contributed by atoms with Crippen molar-refractivity contribution in [2.45, 2.75) is 18.2 Å². The maximum atomic E-state index is 12.1. The van der Waals surface area contributed by atoms with E-state index in [0.29, 0.717) is 5.75 Å². The van der Waals surface area contributed by atoms with E-state index in [4.69, 9.17) is 0 Å². The molecular formula is C19H18N2OS. The van der Waals surface area contributed by atoms with E-state index in [1.165, 1.54) is 17.3 Å². The second-order valence-electron chi connectivity index (χ2n) is 5.22. The second-order valence-corrected chi connectivity index (χ2v) is 6.24. The third-order valence-electron chi connectivity index (χ3n) is 3.60. The summed E-state index contributed by atoms with van der Waals surface area (Å²) in [7, 11) is 0. The highest BCUT2D eigenvalue weighted by molar-refractivity contribution is 8.00. The number of hydrogen-bond acceptors (Lipinski definition) is 3. The van der Waals surface area contributed by atoms with Crippen molar-refractivity contribution < 1.29 is 4.79 Å². The van der Waals surface area contributed by atoms with Crippen LogP contribution in [0, 0.1) is 0 Å². The van der Waals surface area contributed by atoms with Gasteiger partial charge in [-0.3, -0.25) is 9.78 Å². The van der Waals surface area contributed by atoms with Crippen LogP contribution in [0.1, 0.15) is 12.5 Å². The lowest BCUT2D eigenvalue weighted by atomic mass is 10.1. The largest absolute Gasteiger partial charge is 0.325 e. The lowest BCUT2D eigenvalue weighted by Gasteiger charge is -2.07. The Morgan fingerprint density at radius 1 is 1.09 bits per heavy atom. The van der Waals surface area contributed by atoms with E-state index in [2.05, 4.69) is 17.2 Å². The van der Waals surface area contributed by atoms with Crippen molar-refractivity contribution in [2.75, 3.05) is 11.1 Å². The van der Waals surface area contributed by atoms with Crippen LogP contribution >= 0.6 is 11.8 Å². The molecule has 0 radical (unpaired) electrons. The summed E-state index contributed by atoms with van der Waals surface area (Å²) in [5.74, 6) is 0.359. The van der Waals surface area contributed by atoms with Gasteiger partial charge in [-0.15, -0.1) is 11.8 Å². The summed E-state index contributed by atoms with van der Waals surface area (Å²) >= 11 is 1.51. The monoisotopic (exact) mass is 322 g/mol. The highest BCUT2D eigenvalue weighted by Gasteiger charge is 2.07. The van der Waals surface area contributed by atoms with Crippen molar-refractivity contribution in [2.24, 2.45) is 0 Å². The van der Waals surface area contributed by atoms with Crippen LogP contribution < -0.4 is 5.32 Å². The maximum Gasteiger partial charge on any atom is 0.234 e. The van der Waals surface area contributed by atoms with Crippen molar-refractivity contribution in [1.29, 1.82) is 0 Å². The van der Waals surface area contributed by atoms with Gasteiger partial charge in [0.05, 0.1) is 11.3 Å². The van der Waals surface area contributed by atoms with Crippen molar-refractivity contribution in [3.8, 4) is 0 Å². The number of carbonyl (C=O) groups excluding carboxylic acids is 1. The molecule has 116 valence electrons. The number of anilines is 1. The predicted octanol–water partition coefficient (Wildman–Crippen LogP) is 4.53. The zero-order valence-corrected chi connectivity index (χ0v) is 13.8. The molecule has 3 aromatic rings. The van der Waals surface area contributed by atoms with Gasteiger partial charge < -0.3 is 5.32 Å². The van der Waals surface area contributed by atoms with E-state index in [9.17, 15) is 4.79 Å². The Morgan fingerprint density at radius 2 is 1.87 bits per heavy atom. The van der Waals surface area contributed by atoms with Crippen LogP contribution in [0.3, 0.4) is 0 Å². The van der Waals surface area contributed by atoms with Crippen LogP contribution in [-0.2, 0) is 11.2 Å². The molecule has 0 unspecified atom stereocenters. The van der Waals surface area contributed by atoms with Gasteiger partial charge >= 0.3 is 0 Å². The molecule has 0 saturated carbocycles. The van der Waals surface area contributed by atoms with E-state index in [1.807, 2.05) is 54.6 Å². The molecule has 1 N–H and O–H groups in total. The first-order valence-corrected chi connectivity index (χ1v) is 8.60. The number of aromatic nitrogens is 1. The smallest absolute Gasteiger partial charge is 0.234 e. The van der Waals surface area contributed by atoms with Crippen molar-refractivity contribution >= 4 is 34.3 Å². The molecule has 0 spiro atoms. The third kappa shape index (κ3) is 3.90. The van der Waals surface area contributed by atoms with Crippen LogP contribution in [0.5, 0.6) is 0 Å². The van der Waals surface area contributed by atoms with Gasteiger partial charge in [0.2, 0.25) is 5.91 Å². The van der Waals surface area contributed by atoms with Crippen molar-refractivity contribution in [3.63, 3.8) is 0 Å². The first kappa shape index (κ1) is 15.6. The highest BCUT2D eigenvalue weighted by atomic mass is 32.2. The molecule has 4 heteroatoms. The molecular weight excluding hydrogens is 304 g/mol. The summed E-state index contributed by atoms with van der Waals surface area (Å²) in [4.78, 5) is 17.6. The number of aryl methyl sites for hydroxylation is 1. The molecule has 1 aromatic heterocycles. The number of rotatable bonds is 5. The van der Waals surface area contributed by atoms with E-state index in [1.54, 1.807) is 6.20 Å². The number of hydrogen-bond donors (Lipinski definition) is 1. The van der Waals surface area contributed by atoms with Gasteiger partial charge in [-0.1, -0.05) is 37.3 Å². The van der Waals surface area contributed by atoms with Gasteiger partial charge in [-0.2, -0.15) is 0 Å². The van der Waals surface area contributed by atoms with Crippen LogP contribution in [0.4, 0.5) is 5.69 Å². The average molecular weight is 322 g/mol. The second kappa shape index (κ2) is 7.29. The lowest BCUT2D eigenvalue weighted by molar-refractivity contribution is -0.113. The van der Waals surface area contributed by atoms with E-state index >= 15 is 0 Å². The van der Waals surface area contributed by atoms with Gasteiger partial charge in [-0.05, 0) is 36.2 Å². The molecule has 23 heavy (non-hydrogen) atoms. The summed E-state index contributed by atoms with van der Waals surface area (Å²) < 4.78 is 0. The summed E-state index contributed by atoms with van der Waals surface area (Å²) in [6.45, 7) is 2.11. The van der Waals surface area contributed by atoms with Gasteiger partial charge in [-0.25, -0.2) is 0 Å². The molecule has 0 saturated heterocycles. The fraction of sp³-hybridized carbons (Fsp3) is 0.158. The predicted molar refractivity (Wildman–Crippen MR) is 96.9 cm³/mol. The Balaban J connectivity index is 1.63. The van der Waals surface area contributed by atoms with Crippen LogP contribution in [0.2, 0.25) is 0 Å². The molecule has 0 aliphatic carbocycles. The minimum absolute atomic E-state index is 0.00724. The molecule has 3 rings (SSSR count). The average Bonchev–Trinajstić information content (AvgIpc) is 2.60. The summed E-state index contributed by atoms with van der Waals surface area (Å²) in [5, 5.41) is 4.02. The Bertz CT molecular complexity index is 810. The fourth-order valence-electron chi connectivity index (χ4n) is 2.36. The summed E-state index contributed by atoms with van der Waals surface area (Å²) in [6, 6.07) is 17.9. The van der Waals surface area contributed by atoms with Crippen molar-refractivity contribution in [3.05, 3.63) is 66.4 Å². The van der Waals surface area contributed by atoms with E-state index < -0.39 is 0 Å². The zero-order valence-electron chi connectivity index (χ0n) is 13.0. The number of para-hydroxylation sites is 1. The zero-order chi connectivity index (χ0) is 16.1. The number of fused-ring (bicyclic) bond motifs is 1. The Labute approximate surface area is 140 Å². The standard InChI is InChI=1S/C19H18N2OS/c1-2-14-8-10-16(11-9-14)21-18(22)13-23-17-7-3-5-15-6-4-12-20-19(15)17/h3-12H,2,13H2,1H3,(H,21,22).